The second-order valence-corrected chi connectivity index (χ2v) is 8.00. The number of cyclic esters (lactones) is 1. The first-order valence-corrected chi connectivity index (χ1v) is 10.9. The molecule has 0 saturated carbocycles. The van der Waals surface area contributed by atoms with Gasteiger partial charge in [0.2, 0.25) is 5.60 Å². The van der Waals surface area contributed by atoms with Crippen molar-refractivity contribution in [3.63, 3.8) is 0 Å². The third kappa shape index (κ3) is 4.05. The summed E-state index contributed by atoms with van der Waals surface area (Å²) in [5.74, 6) is 1.03. The smallest absolute Gasteiger partial charge is 0.415 e. The summed E-state index contributed by atoms with van der Waals surface area (Å²) in [6, 6.07) is 22.3. The molecule has 2 amide bonds. The number of fused-ring (bicyclic) bond motifs is 1. The van der Waals surface area contributed by atoms with Crippen molar-refractivity contribution in [2.24, 2.45) is 0 Å². The van der Waals surface area contributed by atoms with Gasteiger partial charge in [-0.3, -0.25) is 14.8 Å². The zero-order valence-electron chi connectivity index (χ0n) is 18.6. The predicted molar refractivity (Wildman–Crippen MR) is 125 cm³/mol. The molecule has 0 spiro atoms. The minimum atomic E-state index is -1.38. The summed E-state index contributed by atoms with van der Waals surface area (Å²) in [7, 11) is 1.64. The summed E-state index contributed by atoms with van der Waals surface area (Å²) in [4.78, 5) is 24.5. The molecule has 5 rings (SSSR count). The SMILES string of the molecule is COc1ccc2c(cnn2CCOc2ccc(CC3(c4ccccc4)OC(=O)NC3=O)cc2)c1. The van der Waals surface area contributed by atoms with Crippen LogP contribution in [0.5, 0.6) is 11.5 Å². The van der Waals surface area contributed by atoms with E-state index in [9.17, 15) is 9.59 Å². The zero-order chi connectivity index (χ0) is 23.5. The van der Waals surface area contributed by atoms with E-state index in [4.69, 9.17) is 14.2 Å². The van der Waals surface area contributed by atoms with Crippen LogP contribution in [-0.4, -0.2) is 35.5 Å². The van der Waals surface area contributed by atoms with Gasteiger partial charge in [0.25, 0.3) is 5.91 Å². The first kappa shape index (κ1) is 21.5. The normalized spacial score (nSPS) is 17.4. The highest BCUT2D eigenvalue weighted by Crippen LogP contribution is 2.34. The van der Waals surface area contributed by atoms with E-state index in [1.807, 2.05) is 65.3 Å². The number of methoxy groups -OCH3 is 1. The van der Waals surface area contributed by atoms with Crippen LogP contribution >= 0.6 is 0 Å². The van der Waals surface area contributed by atoms with Crippen molar-refractivity contribution in [2.75, 3.05) is 13.7 Å². The standard InChI is InChI=1S/C26H23N3O5/c1-32-22-11-12-23-19(15-22)17-27-29(23)13-14-33-21-9-7-18(8-10-21)16-26(20-5-3-2-4-6-20)24(30)28-25(31)34-26/h2-12,15,17H,13-14,16H2,1H3,(H,28,30,31). The Hall–Kier alpha value is -4.33. The first-order valence-electron chi connectivity index (χ1n) is 10.9. The number of hydrogen-bond donors (Lipinski definition) is 1. The van der Waals surface area contributed by atoms with E-state index in [0.29, 0.717) is 24.5 Å². The summed E-state index contributed by atoms with van der Waals surface area (Å²) in [5.41, 5.74) is 1.09. The number of carbonyl (C=O) groups excluding carboxylic acids is 2. The van der Waals surface area contributed by atoms with Crippen LogP contribution in [0.25, 0.3) is 10.9 Å². The summed E-state index contributed by atoms with van der Waals surface area (Å²) in [6.45, 7) is 1.03. The first-order chi connectivity index (χ1) is 16.6. The molecular weight excluding hydrogens is 434 g/mol. The summed E-state index contributed by atoms with van der Waals surface area (Å²) in [5, 5.41) is 7.69. The van der Waals surface area contributed by atoms with E-state index in [1.165, 1.54) is 0 Å². The Morgan fingerprint density at radius 3 is 2.47 bits per heavy atom. The van der Waals surface area contributed by atoms with Gasteiger partial charge in [0.15, 0.2) is 0 Å². The third-order valence-corrected chi connectivity index (χ3v) is 5.89. The highest BCUT2D eigenvalue weighted by molar-refractivity contribution is 6.03. The van der Waals surface area contributed by atoms with Gasteiger partial charge in [-0.05, 0) is 35.9 Å². The van der Waals surface area contributed by atoms with Crippen molar-refractivity contribution in [1.29, 1.82) is 0 Å². The van der Waals surface area contributed by atoms with E-state index in [-0.39, 0.29) is 6.42 Å². The Morgan fingerprint density at radius 1 is 1.00 bits per heavy atom. The molecule has 34 heavy (non-hydrogen) atoms. The molecule has 1 N–H and O–H groups in total. The number of carbonyl (C=O) groups is 2. The summed E-state index contributed by atoms with van der Waals surface area (Å²) < 4.78 is 18.5. The fraction of sp³-hybridized carbons (Fsp3) is 0.192. The van der Waals surface area contributed by atoms with Crippen LogP contribution in [-0.2, 0) is 28.1 Å². The van der Waals surface area contributed by atoms with Crippen molar-refractivity contribution < 1.29 is 23.8 Å². The Kier molecular flexibility index (Phi) is 5.63. The molecule has 0 aliphatic carbocycles. The maximum absolute atomic E-state index is 12.7. The lowest BCUT2D eigenvalue weighted by Gasteiger charge is -2.25. The summed E-state index contributed by atoms with van der Waals surface area (Å²) >= 11 is 0. The van der Waals surface area contributed by atoms with Crippen LogP contribution in [0.4, 0.5) is 4.79 Å². The van der Waals surface area contributed by atoms with Gasteiger partial charge in [0.1, 0.15) is 18.1 Å². The van der Waals surface area contributed by atoms with Crippen LogP contribution in [0.2, 0.25) is 0 Å². The molecule has 2 heterocycles. The second kappa shape index (κ2) is 8.90. The zero-order valence-corrected chi connectivity index (χ0v) is 18.6. The number of ether oxygens (including phenoxy) is 3. The number of benzene rings is 3. The lowest BCUT2D eigenvalue weighted by Crippen LogP contribution is -2.38. The van der Waals surface area contributed by atoms with Crippen molar-refractivity contribution in [1.82, 2.24) is 15.1 Å². The second-order valence-electron chi connectivity index (χ2n) is 8.00. The average Bonchev–Trinajstić information content (AvgIpc) is 3.40. The molecule has 1 aliphatic rings. The predicted octanol–water partition coefficient (Wildman–Crippen LogP) is 3.83. The van der Waals surface area contributed by atoms with Gasteiger partial charge >= 0.3 is 6.09 Å². The van der Waals surface area contributed by atoms with Crippen LogP contribution in [0, 0.1) is 0 Å². The number of nitrogens with one attached hydrogen (secondary N) is 1. The molecule has 4 aromatic rings. The number of nitrogens with zero attached hydrogens (tertiary/aromatic N) is 2. The van der Waals surface area contributed by atoms with Crippen LogP contribution in [0.3, 0.4) is 0 Å². The Morgan fingerprint density at radius 2 is 1.76 bits per heavy atom. The molecule has 172 valence electrons. The monoisotopic (exact) mass is 457 g/mol. The number of amides is 2. The minimum Gasteiger partial charge on any atom is -0.497 e. The fourth-order valence-electron chi connectivity index (χ4n) is 4.15. The van der Waals surface area contributed by atoms with E-state index >= 15 is 0 Å². The van der Waals surface area contributed by atoms with Gasteiger partial charge in [0.05, 0.1) is 25.4 Å². The molecule has 8 heteroatoms. The van der Waals surface area contributed by atoms with Crippen LogP contribution in [0.1, 0.15) is 11.1 Å². The maximum atomic E-state index is 12.7. The molecule has 8 nitrogen and oxygen atoms in total. The number of aromatic nitrogens is 2. The summed E-state index contributed by atoms with van der Waals surface area (Å²) in [6.07, 6.45) is 1.29. The molecule has 1 aliphatic heterocycles. The Labute approximate surface area is 196 Å². The molecule has 1 fully saturated rings. The van der Waals surface area contributed by atoms with Crippen molar-refractivity contribution in [2.45, 2.75) is 18.6 Å². The average molecular weight is 457 g/mol. The lowest BCUT2D eigenvalue weighted by molar-refractivity contribution is -0.132. The van der Waals surface area contributed by atoms with Gasteiger partial charge in [-0.1, -0.05) is 42.5 Å². The van der Waals surface area contributed by atoms with E-state index in [0.717, 1.165) is 22.2 Å². The van der Waals surface area contributed by atoms with E-state index in [1.54, 1.807) is 25.4 Å². The van der Waals surface area contributed by atoms with Gasteiger partial charge in [-0.2, -0.15) is 5.10 Å². The number of rotatable bonds is 8. The molecule has 1 saturated heterocycles. The van der Waals surface area contributed by atoms with Crippen molar-refractivity contribution in [3.05, 3.63) is 90.1 Å². The molecule has 1 aromatic heterocycles. The van der Waals surface area contributed by atoms with E-state index < -0.39 is 17.6 Å². The third-order valence-electron chi connectivity index (χ3n) is 5.89. The minimum absolute atomic E-state index is 0.220. The largest absolute Gasteiger partial charge is 0.497 e. The molecule has 3 aromatic carbocycles. The molecular formula is C26H23N3O5. The maximum Gasteiger partial charge on any atom is 0.415 e. The van der Waals surface area contributed by atoms with Crippen LogP contribution in [0.15, 0.2) is 79.0 Å². The van der Waals surface area contributed by atoms with E-state index in [2.05, 4.69) is 10.4 Å². The number of alkyl carbamates (subject to hydrolysis) is 1. The Balaban J connectivity index is 1.25. The number of hydrogen-bond acceptors (Lipinski definition) is 6. The topological polar surface area (TPSA) is 91.7 Å². The molecule has 0 bridgehead atoms. The van der Waals surface area contributed by atoms with Crippen molar-refractivity contribution in [3.8, 4) is 11.5 Å². The van der Waals surface area contributed by atoms with Gasteiger partial charge in [0, 0.05) is 17.4 Å². The molecule has 0 radical (unpaired) electrons. The fourth-order valence-corrected chi connectivity index (χ4v) is 4.15. The van der Waals surface area contributed by atoms with Crippen LogP contribution < -0.4 is 14.8 Å². The molecule has 1 atom stereocenters. The van der Waals surface area contributed by atoms with Gasteiger partial charge in [-0.15, -0.1) is 0 Å². The van der Waals surface area contributed by atoms with Gasteiger partial charge in [-0.25, -0.2) is 4.79 Å². The quantitative estimate of drug-likeness (QED) is 0.432. The number of imide groups is 1. The highest BCUT2D eigenvalue weighted by atomic mass is 16.6. The lowest BCUT2D eigenvalue weighted by atomic mass is 9.86. The highest BCUT2D eigenvalue weighted by Gasteiger charge is 2.50. The van der Waals surface area contributed by atoms with Crippen molar-refractivity contribution >= 4 is 22.9 Å². The Bertz CT molecular complexity index is 1330. The van der Waals surface area contributed by atoms with Gasteiger partial charge < -0.3 is 14.2 Å². The molecule has 1 unspecified atom stereocenters.